The quantitative estimate of drug-likeness (QED) is 0.861. The molecule has 0 aromatic heterocycles. The molecule has 0 bridgehead atoms. The lowest BCUT2D eigenvalue weighted by molar-refractivity contribution is -0.128. The Balaban J connectivity index is 1.61. The van der Waals surface area contributed by atoms with E-state index >= 15 is 0 Å². The molecule has 25 heavy (non-hydrogen) atoms. The number of amides is 1. The number of nitrogens with zero attached hydrogens (tertiary/aromatic N) is 1. The number of piperidine rings is 1. The highest BCUT2D eigenvalue weighted by molar-refractivity contribution is 5.97. The Kier molecular flexibility index (Phi) is 5.67. The molecule has 1 saturated heterocycles. The van der Waals surface area contributed by atoms with Crippen LogP contribution in [-0.2, 0) is 11.3 Å². The van der Waals surface area contributed by atoms with Crippen molar-refractivity contribution in [3.8, 4) is 0 Å². The number of rotatable bonds is 4. The van der Waals surface area contributed by atoms with Crippen LogP contribution in [0, 0.1) is 0 Å². The van der Waals surface area contributed by atoms with Crippen molar-refractivity contribution in [3.63, 3.8) is 0 Å². The fourth-order valence-electron chi connectivity index (χ4n) is 3.50. The van der Waals surface area contributed by atoms with Crippen LogP contribution in [0.4, 0.5) is 0 Å². The minimum Gasteiger partial charge on any atom is -0.339 e. The van der Waals surface area contributed by atoms with Gasteiger partial charge < -0.3 is 10.6 Å². The first kappa shape index (κ1) is 17.4. The molecule has 2 aromatic rings. The molecule has 0 spiro atoms. The van der Waals surface area contributed by atoms with Crippen LogP contribution in [0.2, 0.25) is 0 Å². The van der Waals surface area contributed by atoms with Gasteiger partial charge >= 0.3 is 0 Å². The zero-order valence-corrected chi connectivity index (χ0v) is 14.8. The van der Waals surface area contributed by atoms with Gasteiger partial charge in [0.2, 0.25) is 5.91 Å². The second-order valence-electron chi connectivity index (χ2n) is 6.75. The normalized spacial score (nSPS) is 16.1. The topological polar surface area (TPSA) is 46.3 Å². The second kappa shape index (κ2) is 8.13. The Morgan fingerprint density at radius 3 is 2.52 bits per heavy atom. The highest BCUT2D eigenvalue weighted by atomic mass is 16.2. The molecule has 1 aliphatic rings. The highest BCUT2D eigenvalue weighted by Gasteiger charge is 2.24. The summed E-state index contributed by atoms with van der Waals surface area (Å²) >= 11 is 0. The first-order chi connectivity index (χ1) is 12.2. The molecule has 3 heteroatoms. The van der Waals surface area contributed by atoms with Gasteiger partial charge in [-0.25, -0.2) is 0 Å². The third-order valence-electron chi connectivity index (χ3n) is 4.96. The second-order valence-corrected chi connectivity index (χ2v) is 6.75. The summed E-state index contributed by atoms with van der Waals surface area (Å²) in [6.07, 6.45) is 4.00. The third-order valence-corrected chi connectivity index (χ3v) is 4.96. The monoisotopic (exact) mass is 334 g/mol. The van der Waals surface area contributed by atoms with E-state index in [9.17, 15) is 4.79 Å². The van der Waals surface area contributed by atoms with Gasteiger partial charge in [0.05, 0.1) is 0 Å². The number of hydrogen-bond acceptors (Lipinski definition) is 2. The van der Waals surface area contributed by atoms with Gasteiger partial charge in [-0.15, -0.1) is 0 Å². The summed E-state index contributed by atoms with van der Waals surface area (Å²) < 4.78 is 0. The van der Waals surface area contributed by atoms with E-state index in [4.69, 9.17) is 5.73 Å². The first-order valence-electron chi connectivity index (χ1n) is 8.99. The smallest absolute Gasteiger partial charge is 0.249 e. The predicted octanol–water partition coefficient (Wildman–Crippen LogP) is 3.95. The van der Waals surface area contributed by atoms with Crippen molar-refractivity contribution in [2.24, 2.45) is 5.73 Å². The lowest BCUT2D eigenvalue weighted by Gasteiger charge is -2.32. The van der Waals surface area contributed by atoms with E-state index in [0.29, 0.717) is 12.5 Å². The third kappa shape index (κ3) is 4.37. The Bertz CT molecular complexity index is 744. The number of likely N-dealkylation sites (tertiary alicyclic amines) is 1. The van der Waals surface area contributed by atoms with Crippen LogP contribution in [0.1, 0.15) is 42.4 Å². The summed E-state index contributed by atoms with van der Waals surface area (Å²) in [5.74, 6) is 0.673. The van der Waals surface area contributed by atoms with Crippen molar-refractivity contribution in [2.75, 3.05) is 13.1 Å². The van der Waals surface area contributed by atoms with E-state index in [0.717, 1.165) is 37.1 Å². The van der Waals surface area contributed by atoms with Crippen molar-refractivity contribution in [1.82, 2.24) is 4.90 Å². The van der Waals surface area contributed by atoms with E-state index in [1.54, 1.807) is 0 Å². The largest absolute Gasteiger partial charge is 0.339 e. The molecular weight excluding hydrogens is 308 g/mol. The zero-order valence-electron chi connectivity index (χ0n) is 14.8. The van der Waals surface area contributed by atoms with Crippen molar-refractivity contribution in [1.29, 1.82) is 0 Å². The average Bonchev–Trinajstić information content (AvgIpc) is 2.68. The summed E-state index contributed by atoms with van der Waals surface area (Å²) in [5.41, 5.74) is 10.2. The maximum Gasteiger partial charge on any atom is 0.249 e. The van der Waals surface area contributed by atoms with Crippen molar-refractivity contribution in [3.05, 3.63) is 76.9 Å². The van der Waals surface area contributed by atoms with Gasteiger partial charge in [0.25, 0.3) is 0 Å². The molecule has 2 N–H and O–H groups in total. The molecule has 3 nitrogen and oxygen atoms in total. The van der Waals surface area contributed by atoms with Crippen LogP contribution >= 0.6 is 0 Å². The molecule has 1 heterocycles. The maximum absolute atomic E-state index is 12.7. The molecule has 0 radical (unpaired) electrons. The van der Waals surface area contributed by atoms with Crippen molar-refractivity contribution >= 4 is 12.0 Å². The predicted molar refractivity (Wildman–Crippen MR) is 103 cm³/mol. The molecule has 1 fully saturated rings. The van der Waals surface area contributed by atoms with Gasteiger partial charge in [-0.05, 0) is 48.4 Å². The zero-order chi connectivity index (χ0) is 17.6. The van der Waals surface area contributed by atoms with Gasteiger partial charge in [-0.1, -0.05) is 54.6 Å². The minimum atomic E-state index is 0.151. The Hall–Kier alpha value is -2.39. The number of carbonyl (C=O) groups excluding carboxylic acids is 1. The molecule has 2 aromatic carbocycles. The minimum absolute atomic E-state index is 0.151. The number of benzene rings is 2. The van der Waals surface area contributed by atoms with Gasteiger partial charge in [0, 0.05) is 25.2 Å². The van der Waals surface area contributed by atoms with Gasteiger partial charge in [-0.3, -0.25) is 4.79 Å². The van der Waals surface area contributed by atoms with E-state index in [2.05, 4.69) is 24.3 Å². The molecule has 0 saturated carbocycles. The Morgan fingerprint density at radius 2 is 1.84 bits per heavy atom. The molecule has 0 aliphatic carbocycles. The van der Waals surface area contributed by atoms with Crippen LogP contribution in [0.15, 0.2) is 60.2 Å². The molecule has 1 aliphatic heterocycles. The molecule has 3 rings (SSSR count). The first-order valence-corrected chi connectivity index (χ1v) is 8.99. The Labute approximate surface area is 150 Å². The Morgan fingerprint density at radius 1 is 1.12 bits per heavy atom. The fourth-order valence-corrected chi connectivity index (χ4v) is 3.50. The molecule has 130 valence electrons. The SMILES string of the molecule is CC(=Cc1ccccc1)C(=O)N1CCC(c2cccc(CN)c2)CC1. The molecule has 0 unspecified atom stereocenters. The van der Waals surface area contributed by atoms with Crippen molar-refractivity contribution in [2.45, 2.75) is 32.2 Å². The van der Waals surface area contributed by atoms with Crippen LogP contribution in [-0.4, -0.2) is 23.9 Å². The number of hydrogen-bond donors (Lipinski definition) is 1. The summed E-state index contributed by atoms with van der Waals surface area (Å²) in [6.45, 7) is 4.12. The maximum atomic E-state index is 12.7. The van der Waals surface area contributed by atoms with Gasteiger partial charge in [0.1, 0.15) is 0 Å². The average molecular weight is 334 g/mol. The highest BCUT2D eigenvalue weighted by Crippen LogP contribution is 2.29. The summed E-state index contributed by atoms with van der Waals surface area (Å²) in [7, 11) is 0. The van der Waals surface area contributed by atoms with Crippen LogP contribution in [0.3, 0.4) is 0 Å². The van der Waals surface area contributed by atoms with Gasteiger partial charge in [0.15, 0.2) is 0 Å². The summed E-state index contributed by atoms with van der Waals surface area (Å²) in [6, 6.07) is 18.6. The van der Waals surface area contributed by atoms with Crippen molar-refractivity contribution < 1.29 is 4.79 Å². The van der Waals surface area contributed by atoms with Crippen LogP contribution in [0.5, 0.6) is 0 Å². The van der Waals surface area contributed by atoms with Gasteiger partial charge in [-0.2, -0.15) is 0 Å². The lowest BCUT2D eigenvalue weighted by atomic mass is 9.88. The molecule has 1 amide bonds. The van der Waals surface area contributed by atoms with E-state index in [-0.39, 0.29) is 5.91 Å². The van der Waals surface area contributed by atoms with Crippen LogP contribution in [0.25, 0.3) is 6.08 Å². The summed E-state index contributed by atoms with van der Waals surface area (Å²) in [5, 5.41) is 0. The summed E-state index contributed by atoms with van der Waals surface area (Å²) in [4.78, 5) is 14.7. The van der Waals surface area contributed by atoms with E-state index in [1.165, 1.54) is 11.1 Å². The number of carbonyl (C=O) groups is 1. The van der Waals surface area contributed by atoms with E-state index in [1.807, 2.05) is 48.2 Å². The standard InChI is InChI=1S/C22H26N2O/c1-17(14-18-6-3-2-4-7-18)22(25)24-12-10-20(11-13-24)21-9-5-8-19(15-21)16-23/h2-9,14-15,20H,10-13,16,23H2,1H3. The molecular formula is C22H26N2O. The molecule has 0 atom stereocenters. The van der Waals surface area contributed by atoms with Crippen LogP contribution < -0.4 is 5.73 Å². The lowest BCUT2D eigenvalue weighted by Crippen LogP contribution is -2.38. The number of nitrogens with two attached hydrogens (primary N) is 1. The fraction of sp³-hybridized carbons (Fsp3) is 0.318. The van der Waals surface area contributed by atoms with E-state index < -0.39 is 0 Å².